The van der Waals surface area contributed by atoms with Crippen molar-refractivity contribution in [2.75, 3.05) is 11.4 Å². The normalized spacial score (nSPS) is 11.3. The lowest BCUT2D eigenvalue weighted by Crippen LogP contribution is -2.35. The standard InChI is InChI=1S/C14H21Cl2N/c1-10(2)9-17(11(3)4)14-12(8-15)6-5-7-13(14)16/h5-7,10-11H,8-9H2,1-4H3. The van der Waals surface area contributed by atoms with Crippen molar-refractivity contribution >= 4 is 28.9 Å². The molecule has 17 heavy (non-hydrogen) atoms. The largest absolute Gasteiger partial charge is 0.367 e. The summed E-state index contributed by atoms with van der Waals surface area (Å²) in [5, 5.41) is 0.789. The van der Waals surface area contributed by atoms with Gasteiger partial charge in [-0.2, -0.15) is 0 Å². The Morgan fingerprint density at radius 2 is 1.82 bits per heavy atom. The minimum atomic E-state index is 0.416. The summed E-state index contributed by atoms with van der Waals surface area (Å²) in [5.74, 6) is 1.09. The van der Waals surface area contributed by atoms with E-state index in [1.165, 1.54) is 0 Å². The van der Waals surface area contributed by atoms with Crippen LogP contribution in [0, 0.1) is 5.92 Å². The van der Waals surface area contributed by atoms with E-state index in [1.807, 2.05) is 18.2 Å². The van der Waals surface area contributed by atoms with Crippen molar-refractivity contribution in [3.8, 4) is 0 Å². The molecule has 0 heterocycles. The van der Waals surface area contributed by atoms with Crippen LogP contribution in [0.2, 0.25) is 5.02 Å². The maximum absolute atomic E-state index is 6.33. The molecule has 0 N–H and O–H groups in total. The van der Waals surface area contributed by atoms with Gasteiger partial charge in [0.2, 0.25) is 0 Å². The van der Waals surface area contributed by atoms with Crippen LogP contribution in [0.3, 0.4) is 0 Å². The van der Waals surface area contributed by atoms with E-state index in [2.05, 4.69) is 32.6 Å². The third kappa shape index (κ3) is 3.79. The molecule has 0 amide bonds. The fourth-order valence-electron chi connectivity index (χ4n) is 1.94. The maximum Gasteiger partial charge on any atom is 0.0642 e. The van der Waals surface area contributed by atoms with Gasteiger partial charge >= 0.3 is 0 Å². The molecular weight excluding hydrogens is 253 g/mol. The van der Waals surface area contributed by atoms with Gasteiger partial charge in [-0.25, -0.2) is 0 Å². The fraction of sp³-hybridized carbons (Fsp3) is 0.571. The third-order valence-electron chi connectivity index (χ3n) is 2.69. The van der Waals surface area contributed by atoms with Crippen LogP contribution >= 0.6 is 23.2 Å². The molecule has 0 unspecified atom stereocenters. The lowest BCUT2D eigenvalue weighted by Gasteiger charge is -2.33. The first-order valence-electron chi connectivity index (χ1n) is 6.07. The maximum atomic E-state index is 6.33. The molecule has 3 heteroatoms. The molecular formula is C14H21Cl2N. The van der Waals surface area contributed by atoms with Crippen LogP contribution in [-0.2, 0) is 5.88 Å². The molecule has 0 aliphatic rings. The molecule has 0 saturated heterocycles. The topological polar surface area (TPSA) is 3.24 Å². The Morgan fingerprint density at radius 3 is 2.29 bits per heavy atom. The molecule has 1 aromatic rings. The second-order valence-corrected chi connectivity index (χ2v) is 5.70. The molecule has 0 fully saturated rings. The van der Waals surface area contributed by atoms with Gasteiger partial charge in [0.1, 0.15) is 0 Å². The molecule has 0 aliphatic heterocycles. The summed E-state index contributed by atoms with van der Waals surface area (Å²) in [6.07, 6.45) is 0. The van der Waals surface area contributed by atoms with Gasteiger partial charge in [0.25, 0.3) is 0 Å². The number of para-hydroxylation sites is 1. The molecule has 0 saturated carbocycles. The van der Waals surface area contributed by atoms with Crippen molar-refractivity contribution in [1.29, 1.82) is 0 Å². The Labute approximate surface area is 115 Å². The summed E-state index contributed by atoms with van der Waals surface area (Å²) in [4.78, 5) is 2.34. The van der Waals surface area contributed by atoms with Gasteiger partial charge < -0.3 is 4.90 Å². The average Bonchev–Trinajstić information content (AvgIpc) is 2.25. The van der Waals surface area contributed by atoms with Gasteiger partial charge in [-0.15, -0.1) is 11.6 Å². The highest BCUT2D eigenvalue weighted by Gasteiger charge is 2.18. The highest BCUT2D eigenvalue weighted by molar-refractivity contribution is 6.33. The summed E-state index contributed by atoms with van der Waals surface area (Å²) >= 11 is 12.3. The van der Waals surface area contributed by atoms with Crippen molar-refractivity contribution in [3.05, 3.63) is 28.8 Å². The molecule has 1 nitrogen and oxygen atoms in total. The second kappa shape index (κ2) is 6.51. The highest BCUT2D eigenvalue weighted by Crippen LogP contribution is 2.32. The van der Waals surface area contributed by atoms with Gasteiger partial charge in [0.05, 0.1) is 10.7 Å². The summed E-state index contributed by atoms with van der Waals surface area (Å²) in [6.45, 7) is 9.79. The van der Waals surface area contributed by atoms with Gasteiger partial charge in [0, 0.05) is 18.5 Å². The van der Waals surface area contributed by atoms with Crippen LogP contribution < -0.4 is 4.90 Å². The molecule has 0 aromatic heterocycles. The zero-order chi connectivity index (χ0) is 13.0. The summed E-state index contributed by atoms with van der Waals surface area (Å²) in [6, 6.07) is 6.35. The number of anilines is 1. The van der Waals surface area contributed by atoms with Crippen LogP contribution in [0.5, 0.6) is 0 Å². The molecule has 0 spiro atoms. The number of benzene rings is 1. The first-order chi connectivity index (χ1) is 7.97. The van der Waals surface area contributed by atoms with Crippen LogP contribution in [0.25, 0.3) is 0 Å². The van der Waals surface area contributed by atoms with Crippen molar-refractivity contribution in [3.63, 3.8) is 0 Å². The highest BCUT2D eigenvalue weighted by atomic mass is 35.5. The SMILES string of the molecule is CC(C)CN(c1c(Cl)cccc1CCl)C(C)C. The molecule has 0 bridgehead atoms. The fourth-order valence-corrected chi connectivity index (χ4v) is 2.46. The van der Waals surface area contributed by atoms with E-state index in [1.54, 1.807) is 0 Å². The van der Waals surface area contributed by atoms with E-state index in [9.17, 15) is 0 Å². The average molecular weight is 274 g/mol. The predicted molar refractivity (Wildman–Crippen MR) is 78.3 cm³/mol. The summed E-state index contributed by atoms with van der Waals surface area (Å²) in [5.41, 5.74) is 2.20. The van der Waals surface area contributed by atoms with Gasteiger partial charge in [-0.05, 0) is 31.4 Å². The lowest BCUT2D eigenvalue weighted by atomic mass is 10.1. The molecule has 1 rings (SSSR count). The van der Waals surface area contributed by atoms with Gasteiger partial charge in [-0.1, -0.05) is 37.6 Å². The van der Waals surface area contributed by atoms with Crippen LogP contribution in [0.1, 0.15) is 33.3 Å². The van der Waals surface area contributed by atoms with Crippen molar-refractivity contribution in [2.45, 2.75) is 39.6 Å². The Bertz CT molecular complexity index is 361. The number of alkyl halides is 1. The number of halogens is 2. The van der Waals surface area contributed by atoms with Crippen molar-refractivity contribution in [1.82, 2.24) is 0 Å². The van der Waals surface area contributed by atoms with Gasteiger partial charge in [-0.3, -0.25) is 0 Å². The number of rotatable bonds is 5. The van der Waals surface area contributed by atoms with Crippen molar-refractivity contribution < 1.29 is 0 Å². The van der Waals surface area contributed by atoms with E-state index in [4.69, 9.17) is 23.2 Å². The van der Waals surface area contributed by atoms with E-state index in [-0.39, 0.29) is 0 Å². The Kier molecular flexibility index (Phi) is 5.61. The summed E-state index contributed by atoms with van der Waals surface area (Å²) < 4.78 is 0. The first kappa shape index (κ1) is 14.7. The number of hydrogen-bond acceptors (Lipinski definition) is 1. The molecule has 0 aliphatic carbocycles. The minimum absolute atomic E-state index is 0.416. The van der Waals surface area contributed by atoms with E-state index >= 15 is 0 Å². The monoisotopic (exact) mass is 273 g/mol. The molecule has 96 valence electrons. The quantitative estimate of drug-likeness (QED) is 0.687. The summed E-state index contributed by atoms with van der Waals surface area (Å²) in [7, 11) is 0. The van der Waals surface area contributed by atoms with Crippen LogP contribution in [0.15, 0.2) is 18.2 Å². The lowest BCUT2D eigenvalue weighted by molar-refractivity contribution is 0.570. The van der Waals surface area contributed by atoms with Crippen molar-refractivity contribution in [2.24, 2.45) is 5.92 Å². The molecule has 1 aromatic carbocycles. The smallest absolute Gasteiger partial charge is 0.0642 e. The molecule has 0 atom stereocenters. The second-order valence-electron chi connectivity index (χ2n) is 5.02. The van der Waals surface area contributed by atoms with Gasteiger partial charge in [0.15, 0.2) is 0 Å². The molecule has 0 radical (unpaired) electrons. The van der Waals surface area contributed by atoms with E-state index < -0.39 is 0 Å². The zero-order valence-electron chi connectivity index (χ0n) is 11.0. The Morgan fingerprint density at radius 1 is 1.18 bits per heavy atom. The first-order valence-corrected chi connectivity index (χ1v) is 6.98. The number of nitrogens with zero attached hydrogens (tertiary/aromatic N) is 1. The number of hydrogen-bond donors (Lipinski definition) is 0. The minimum Gasteiger partial charge on any atom is -0.367 e. The Balaban J connectivity index is 3.17. The zero-order valence-corrected chi connectivity index (χ0v) is 12.5. The van der Waals surface area contributed by atoms with E-state index in [0.717, 1.165) is 22.8 Å². The van der Waals surface area contributed by atoms with Crippen LogP contribution in [-0.4, -0.2) is 12.6 Å². The Hall–Kier alpha value is -0.400. The third-order valence-corrected chi connectivity index (χ3v) is 3.28. The van der Waals surface area contributed by atoms with Crippen LogP contribution in [0.4, 0.5) is 5.69 Å². The van der Waals surface area contributed by atoms with E-state index in [0.29, 0.717) is 17.8 Å². The predicted octanol–water partition coefficient (Wildman–Crippen LogP) is 4.95.